The molecule has 0 fully saturated rings. The van der Waals surface area contributed by atoms with Crippen molar-refractivity contribution in [3.8, 4) is 5.75 Å². The molecule has 5 rings (SSSR count). The maximum absolute atomic E-state index is 13.8. The number of hydrogen-bond donors (Lipinski definition) is 0. The molecule has 0 amide bonds. The molecule has 0 radical (unpaired) electrons. The fraction of sp³-hybridized carbons (Fsp3) is 0.167. The number of thiazole rings is 1. The number of rotatable bonds is 7. The number of nitrogens with zero attached hydrogens (tertiary/aromatic N) is 2. The third-order valence-electron chi connectivity index (χ3n) is 6.33. The molecule has 4 aromatic rings. The van der Waals surface area contributed by atoms with Crippen molar-refractivity contribution in [1.29, 1.82) is 0 Å². The second-order valence-corrected chi connectivity index (χ2v) is 12.2. The number of carbonyl (C=O) groups excluding carboxylic acids is 1. The number of fused-ring (bicyclic) bond motifs is 1. The number of halogens is 2. The summed E-state index contributed by atoms with van der Waals surface area (Å²) in [7, 11) is 1.35. The molecule has 9 heteroatoms. The predicted molar refractivity (Wildman–Crippen MR) is 169 cm³/mol. The number of ether oxygens (including phenoxy) is 2. The molecular formula is C30H24I2N2O4S. The van der Waals surface area contributed by atoms with Gasteiger partial charge in [0.15, 0.2) is 4.80 Å². The van der Waals surface area contributed by atoms with E-state index in [0.29, 0.717) is 33.6 Å². The highest BCUT2D eigenvalue weighted by Crippen LogP contribution is 2.31. The van der Waals surface area contributed by atoms with E-state index in [4.69, 9.17) is 14.5 Å². The molecule has 6 nitrogen and oxygen atoms in total. The second-order valence-electron chi connectivity index (χ2n) is 8.80. The lowest BCUT2D eigenvalue weighted by Gasteiger charge is -2.25. The zero-order valence-electron chi connectivity index (χ0n) is 21.2. The van der Waals surface area contributed by atoms with Gasteiger partial charge in [-0.2, -0.15) is 0 Å². The minimum absolute atomic E-state index is 0.196. The lowest BCUT2D eigenvalue weighted by atomic mass is 9.95. The summed E-state index contributed by atoms with van der Waals surface area (Å²) in [6, 6.07) is 23.0. The van der Waals surface area contributed by atoms with E-state index < -0.39 is 12.0 Å². The summed E-state index contributed by atoms with van der Waals surface area (Å²) in [4.78, 5) is 32.0. The molecule has 0 spiro atoms. The second kappa shape index (κ2) is 12.2. The van der Waals surface area contributed by atoms with E-state index >= 15 is 0 Å². The molecule has 1 atom stereocenters. The van der Waals surface area contributed by atoms with Gasteiger partial charge >= 0.3 is 5.97 Å². The van der Waals surface area contributed by atoms with Crippen LogP contribution >= 0.6 is 56.5 Å². The molecule has 2 heterocycles. The summed E-state index contributed by atoms with van der Waals surface area (Å²) in [6.45, 7) is 2.43. The largest absolute Gasteiger partial charge is 0.488 e. The van der Waals surface area contributed by atoms with Crippen molar-refractivity contribution < 1.29 is 14.3 Å². The van der Waals surface area contributed by atoms with E-state index in [1.54, 1.807) is 4.57 Å². The van der Waals surface area contributed by atoms with Crippen LogP contribution in [0.5, 0.6) is 5.75 Å². The first-order valence-electron chi connectivity index (χ1n) is 12.2. The van der Waals surface area contributed by atoms with Gasteiger partial charge in [0.25, 0.3) is 5.56 Å². The topological polar surface area (TPSA) is 69.9 Å². The third kappa shape index (κ3) is 5.90. The molecule has 1 aliphatic rings. The highest BCUT2D eigenvalue weighted by atomic mass is 127. The van der Waals surface area contributed by atoms with E-state index in [9.17, 15) is 9.59 Å². The lowest BCUT2D eigenvalue weighted by Crippen LogP contribution is -2.40. The number of esters is 1. The number of benzene rings is 3. The Labute approximate surface area is 257 Å². The molecular weight excluding hydrogens is 738 g/mol. The van der Waals surface area contributed by atoms with Crippen LogP contribution in [-0.4, -0.2) is 17.6 Å². The molecule has 0 bridgehead atoms. The molecule has 1 aliphatic heterocycles. The smallest absolute Gasteiger partial charge is 0.338 e. The van der Waals surface area contributed by atoms with Crippen molar-refractivity contribution in [3.63, 3.8) is 0 Å². The Kier molecular flexibility index (Phi) is 8.67. The maximum atomic E-state index is 13.8. The molecule has 0 saturated heterocycles. The van der Waals surface area contributed by atoms with E-state index in [0.717, 1.165) is 26.0 Å². The fourth-order valence-electron chi connectivity index (χ4n) is 4.43. The van der Waals surface area contributed by atoms with Crippen LogP contribution in [0, 0.1) is 7.14 Å². The monoisotopic (exact) mass is 762 g/mol. The summed E-state index contributed by atoms with van der Waals surface area (Å²) in [5, 5.41) is 0. The van der Waals surface area contributed by atoms with Gasteiger partial charge in [-0.3, -0.25) is 9.36 Å². The van der Waals surface area contributed by atoms with Gasteiger partial charge in [0.1, 0.15) is 12.4 Å². The number of allylic oxidation sites excluding steroid dienone is 1. The Hall–Kier alpha value is -2.77. The Bertz CT molecular complexity index is 1740. The molecule has 0 N–H and O–H groups in total. The zero-order chi connectivity index (χ0) is 27.5. The van der Waals surface area contributed by atoms with E-state index in [1.807, 2.05) is 61.5 Å². The van der Waals surface area contributed by atoms with Gasteiger partial charge in [-0.15, -0.1) is 0 Å². The van der Waals surface area contributed by atoms with Crippen LogP contribution in [0.4, 0.5) is 0 Å². The standard InChI is InChI=1S/C30H24I2N2O4S/c1-3-23-26(29(36)37-2)27(20-7-5-4-6-8-20)34-28(35)25(39-30(34)33-23)16-19-11-14-24(22(32)15-19)38-17-18-9-12-21(31)13-10-18/h4-16,27H,3,17H2,1-2H3/b25-16-/t27-/m0/s1. The van der Waals surface area contributed by atoms with Crippen LogP contribution in [0.3, 0.4) is 0 Å². The van der Waals surface area contributed by atoms with Crippen LogP contribution in [0.1, 0.15) is 36.1 Å². The number of aromatic nitrogens is 1. The van der Waals surface area contributed by atoms with Crippen LogP contribution in [0.15, 0.2) is 93.9 Å². The van der Waals surface area contributed by atoms with Crippen molar-refractivity contribution in [2.24, 2.45) is 4.99 Å². The normalized spacial score (nSPS) is 15.1. The van der Waals surface area contributed by atoms with Gasteiger partial charge in [-0.25, -0.2) is 9.79 Å². The van der Waals surface area contributed by atoms with Gasteiger partial charge in [0, 0.05) is 3.57 Å². The number of carbonyl (C=O) groups is 1. The van der Waals surface area contributed by atoms with Crippen molar-refractivity contribution >= 4 is 68.6 Å². The Morgan fingerprint density at radius 3 is 2.49 bits per heavy atom. The van der Waals surface area contributed by atoms with E-state index in [1.165, 1.54) is 22.0 Å². The average Bonchev–Trinajstić information content (AvgIpc) is 3.26. The number of methoxy groups -OCH3 is 1. The molecule has 0 saturated carbocycles. The van der Waals surface area contributed by atoms with Crippen molar-refractivity contribution in [3.05, 3.63) is 128 Å². The van der Waals surface area contributed by atoms with E-state index in [2.05, 4.69) is 69.4 Å². The maximum Gasteiger partial charge on any atom is 0.338 e. The van der Waals surface area contributed by atoms with Crippen molar-refractivity contribution in [2.45, 2.75) is 26.0 Å². The van der Waals surface area contributed by atoms with Gasteiger partial charge < -0.3 is 9.47 Å². The van der Waals surface area contributed by atoms with E-state index in [-0.39, 0.29) is 5.56 Å². The van der Waals surface area contributed by atoms with Crippen molar-refractivity contribution in [1.82, 2.24) is 4.57 Å². The third-order valence-corrected chi connectivity index (χ3v) is 8.87. The quantitative estimate of drug-likeness (QED) is 0.182. The first kappa shape index (κ1) is 27.8. The Morgan fingerprint density at radius 2 is 1.82 bits per heavy atom. The highest BCUT2D eigenvalue weighted by Gasteiger charge is 2.33. The molecule has 39 heavy (non-hydrogen) atoms. The molecule has 198 valence electrons. The van der Waals surface area contributed by atoms with Crippen LogP contribution in [-0.2, 0) is 16.1 Å². The number of hydrogen-bond acceptors (Lipinski definition) is 6. The first-order chi connectivity index (χ1) is 18.9. The summed E-state index contributed by atoms with van der Waals surface area (Å²) >= 11 is 5.86. The molecule has 0 unspecified atom stereocenters. The van der Waals surface area contributed by atoms with Gasteiger partial charge in [-0.1, -0.05) is 66.8 Å². The summed E-state index contributed by atoms with van der Waals surface area (Å²) < 4.78 is 15.4. The summed E-state index contributed by atoms with van der Waals surface area (Å²) in [5.74, 6) is 0.307. The van der Waals surface area contributed by atoms with Crippen molar-refractivity contribution in [2.75, 3.05) is 7.11 Å². The highest BCUT2D eigenvalue weighted by molar-refractivity contribution is 14.1. The summed E-state index contributed by atoms with van der Waals surface area (Å²) in [6.07, 6.45) is 2.41. The van der Waals surface area contributed by atoms with Gasteiger partial charge in [-0.05, 0) is 98.6 Å². The van der Waals surface area contributed by atoms with Gasteiger partial charge in [0.05, 0.1) is 32.5 Å². The fourth-order valence-corrected chi connectivity index (χ4v) is 6.51. The lowest BCUT2D eigenvalue weighted by molar-refractivity contribution is -0.136. The van der Waals surface area contributed by atoms with Gasteiger partial charge in [0.2, 0.25) is 0 Å². The predicted octanol–water partition coefficient (Wildman–Crippen LogP) is 5.59. The Morgan fingerprint density at radius 1 is 1.08 bits per heavy atom. The first-order valence-corrected chi connectivity index (χ1v) is 15.2. The Balaban J connectivity index is 1.53. The molecule has 1 aromatic heterocycles. The molecule has 3 aromatic carbocycles. The summed E-state index contributed by atoms with van der Waals surface area (Å²) in [5.41, 5.74) is 3.64. The minimum atomic E-state index is -0.607. The molecule has 0 aliphatic carbocycles. The SMILES string of the molecule is CCC1=C(C(=O)OC)[C@H](c2ccccc2)n2c(s/c(=C\c3ccc(OCc4ccc(I)cc4)c(I)c3)c2=O)=N1. The average molecular weight is 762 g/mol. The van der Waals surface area contributed by atoms with Crippen LogP contribution in [0.2, 0.25) is 0 Å². The zero-order valence-corrected chi connectivity index (χ0v) is 26.3. The van der Waals surface area contributed by atoms with Crippen LogP contribution in [0.25, 0.3) is 6.08 Å². The minimum Gasteiger partial charge on any atom is -0.488 e. The van der Waals surface area contributed by atoms with Crippen LogP contribution < -0.4 is 19.6 Å².